The molecule has 0 bridgehead atoms. The van der Waals surface area contributed by atoms with Gasteiger partial charge in [-0.25, -0.2) is 4.98 Å². The van der Waals surface area contributed by atoms with E-state index >= 15 is 0 Å². The van der Waals surface area contributed by atoms with E-state index in [2.05, 4.69) is 28.9 Å². The molecular weight excluding hydrogens is 304 g/mol. The van der Waals surface area contributed by atoms with Gasteiger partial charge < -0.3 is 4.74 Å². The number of fused-ring (bicyclic) bond motifs is 1. The van der Waals surface area contributed by atoms with Crippen LogP contribution in [0.25, 0.3) is 16.9 Å². The predicted molar refractivity (Wildman–Crippen MR) is 79.6 cm³/mol. The van der Waals surface area contributed by atoms with Gasteiger partial charge in [-0.2, -0.15) is 0 Å². The number of aromatic nitrogens is 2. The fourth-order valence-electron chi connectivity index (χ4n) is 2.13. The second-order valence-electron chi connectivity index (χ2n) is 4.37. The summed E-state index contributed by atoms with van der Waals surface area (Å²) in [5.74, 6) is 0.832. The zero-order chi connectivity index (χ0) is 13.4. The van der Waals surface area contributed by atoms with Gasteiger partial charge >= 0.3 is 0 Å². The maximum atomic E-state index is 5.26. The first-order valence-corrected chi connectivity index (χ1v) is 6.77. The SMILES string of the molecule is COc1cccc(-c2nc3c(C)cccn3c2Br)c1. The highest BCUT2D eigenvalue weighted by Crippen LogP contribution is 2.31. The molecule has 2 heterocycles. The molecule has 0 saturated heterocycles. The van der Waals surface area contributed by atoms with Crippen molar-refractivity contribution in [2.24, 2.45) is 0 Å². The summed E-state index contributed by atoms with van der Waals surface area (Å²) in [4.78, 5) is 4.72. The summed E-state index contributed by atoms with van der Waals surface area (Å²) in [5.41, 5.74) is 4.08. The number of nitrogens with zero attached hydrogens (tertiary/aromatic N) is 2. The van der Waals surface area contributed by atoms with Crippen LogP contribution in [0.1, 0.15) is 5.56 Å². The first kappa shape index (κ1) is 12.2. The third-order valence-electron chi connectivity index (χ3n) is 3.13. The highest BCUT2D eigenvalue weighted by molar-refractivity contribution is 9.10. The molecule has 0 aliphatic heterocycles. The molecule has 0 unspecified atom stereocenters. The molecule has 0 N–H and O–H groups in total. The molecule has 4 heteroatoms. The van der Waals surface area contributed by atoms with E-state index < -0.39 is 0 Å². The molecule has 0 aliphatic rings. The number of imidazole rings is 1. The van der Waals surface area contributed by atoms with Crippen molar-refractivity contribution in [3.05, 3.63) is 52.8 Å². The Labute approximate surface area is 120 Å². The van der Waals surface area contributed by atoms with Gasteiger partial charge in [-0.1, -0.05) is 18.2 Å². The molecule has 0 spiro atoms. The number of pyridine rings is 1. The van der Waals surface area contributed by atoms with Crippen LogP contribution in [-0.2, 0) is 0 Å². The molecule has 3 aromatic rings. The van der Waals surface area contributed by atoms with Crippen molar-refractivity contribution in [1.29, 1.82) is 0 Å². The van der Waals surface area contributed by atoms with E-state index in [9.17, 15) is 0 Å². The van der Waals surface area contributed by atoms with Gasteiger partial charge in [0.05, 0.1) is 7.11 Å². The summed E-state index contributed by atoms with van der Waals surface area (Å²) in [7, 11) is 1.67. The Kier molecular flexibility index (Phi) is 3.03. The van der Waals surface area contributed by atoms with Crippen molar-refractivity contribution >= 4 is 21.6 Å². The zero-order valence-electron chi connectivity index (χ0n) is 10.7. The Morgan fingerprint density at radius 1 is 1.21 bits per heavy atom. The lowest BCUT2D eigenvalue weighted by atomic mass is 10.1. The number of aryl methyl sites for hydroxylation is 1. The maximum Gasteiger partial charge on any atom is 0.141 e. The van der Waals surface area contributed by atoms with Gasteiger partial charge in [0, 0.05) is 11.8 Å². The van der Waals surface area contributed by atoms with Crippen LogP contribution in [-0.4, -0.2) is 16.5 Å². The third-order valence-corrected chi connectivity index (χ3v) is 3.89. The Hall–Kier alpha value is -1.81. The third kappa shape index (κ3) is 2.02. The molecule has 0 atom stereocenters. The lowest BCUT2D eigenvalue weighted by molar-refractivity contribution is 0.415. The van der Waals surface area contributed by atoms with Gasteiger partial charge in [-0.05, 0) is 46.6 Å². The van der Waals surface area contributed by atoms with E-state index in [1.54, 1.807) is 7.11 Å². The Bertz CT molecular complexity index is 749. The van der Waals surface area contributed by atoms with E-state index in [4.69, 9.17) is 9.72 Å². The van der Waals surface area contributed by atoms with Crippen molar-refractivity contribution in [2.45, 2.75) is 6.92 Å². The lowest BCUT2D eigenvalue weighted by Crippen LogP contribution is -1.86. The van der Waals surface area contributed by atoms with Crippen LogP contribution in [0.2, 0.25) is 0 Å². The van der Waals surface area contributed by atoms with Crippen LogP contribution in [0.15, 0.2) is 47.2 Å². The van der Waals surface area contributed by atoms with E-state index in [0.717, 1.165) is 32.8 Å². The van der Waals surface area contributed by atoms with Crippen LogP contribution in [0.4, 0.5) is 0 Å². The molecule has 0 saturated carbocycles. The van der Waals surface area contributed by atoms with Crippen LogP contribution in [0, 0.1) is 6.92 Å². The van der Waals surface area contributed by atoms with Crippen molar-refractivity contribution in [1.82, 2.24) is 9.38 Å². The van der Waals surface area contributed by atoms with Crippen LogP contribution >= 0.6 is 15.9 Å². The molecule has 0 aliphatic carbocycles. The van der Waals surface area contributed by atoms with E-state index in [1.165, 1.54) is 0 Å². The molecule has 0 fully saturated rings. The standard InChI is InChI=1S/C15H13BrN2O/c1-10-5-4-8-18-14(16)13(17-15(10)18)11-6-3-7-12(9-11)19-2/h3-9H,1-2H3. The van der Waals surface area contributed by atoms with Crippen molar-refractivity contribution < 1.29 is 4.74 Å². The van der Waals surface area contributed by atoms with Crippen molar-refractivity contribution in [3.8, 4) is 17.0 Å². The van der Waals surface area contributed by atoms with Crippen LogP contribution in [0.5, 0.6) is 5.75 Å². The molecule has 0 amide bonds. The molecule has 1 aromatic carbocycles. The summed E-state index contributed by atoms with van der Waals surface area (Å²) in [5, 5.41) is 0. The molecule has 3 rings (SSSR count). The predicted octanol–water partition coefficient (Wildman–Crippen LogP) is 4.08. The topological polar surface area (TPSA) is 26.5 Å². The van der Waals surface area contributed by atoms with Gasteiger partial charge in [-0.3, -0.25) is 4.40 Å². The fraction of sp³-hybridized carbons (Fsp3) is 0.133. The Morgan fingerprint density at radius 3 is 2.79 bits per heavy atom. The number of methoxy groups -OCH3 is 1. The lowest BCUT2D eigenvalue weighted by Gasteiger charge is -2.02. The minimum absolute atomic E-state index is 0.832. The molecule has 19 heavy (non-hydrogen) atoms. The molecule has 0 radical (unpaired) electrons. The number of halogens is 1. The fourth-order valence-corrected chi connectivity index (χ4v) is 2.73. The van der Waals surface area contributed by atoms with E-state index in [-0.39, 0.29) is 0 Å². The first-order valence-electron chi connectivity index (χ1n) is 5.98. The monoisotopic (exact) mass is 316 g/mol. The molecule has 2 aromatic heterocycles. The molecule has 96 valence electrons. The normalized spacial score (nSPS) is 10.9. The summed E-state index contributed by atoms with van der Waals surface area (Å²) in [6.07, 6.45) is 2.00. The number of benzene rings is 1. The average Bonchev–Trinajstić information content (AvgIpc) is 2.78. The number of rotatable bonds is 2. The van der Waals surface area contributed by atoms with Crippen LogP contribution in [0.3, 0.4) is 0 Å². The minimum Gasteiger partial charge on any atom is -0.497 e. The molecular formula is C15H13BrN2O. The number of hydrogen-bond donors (Lipinski definition) is 0. The quantitative estimate of drug-likeness (QED) is 0.712. The largest absolute Gasteiger partial charge is 0.497 e. The van der Waals surface area contributed by atoms with Gasteiger partial charge in [0.15, 0.2) is 0 Å². The summed E-state index contributed by atoms with van der Waals surface area (Å²) in [6, 6.07) is 12.0. The average molecular weight is 317 g/mol. The first-order chi connectivity index (χ1) is 9.20. The van der Waals surface area contributed by atoms with Gasteiger partial charge in [0.2, 0.25) is 0 Å². The smallest absolute Gasteiger partial charge is 0.141 e. The Balaban J connectivity index is 2.25. The summed E-state index contributed by atoms with van der Waals surface area (Å²) < 4.78 is 8.27. The van der Waals surface area contributed by atoms with E-state index in [0.29, 0.717) is 0 Å². The number of hydrogen-bond acceptors (Lipinski definition) is 2. The second kappa shape index (κ2) is 4.70. The highest BCUT2D eigenvalue weighted by atomic mass is 79.9. The van der Waals surface area contributed by atoms with Crippen LogP contribution < -0.4 is 4.74 Å². The summed E-state index contributed by atoms with van der Waals surface area (Å²) >= 11 is 3.63. The molecule has 3 nitrogen and oxygen atoms in total. The van der Waals surface area contributed by atoms with E-state index in [1.807, 2.05) is 40.9 Å². The van der Waals surface area contributed by atoms with Gasteiger partial charge in [0.25, 0.3) is 0 Å². The van der Waals surface area contributed by atoms with Gasteiger partial charge in [0.1, 0.15) is 21.7 Å². The highest BCUT2D eigenvalue weighted by Gasteiger charge is 2.13. The zero-order valence-corrected chi connectivity index (χ0v) is 12.3. The van der Waals surface area contributed by atoms with Crippen molar-refractivity contribution in [3.63, 3.8) is 0 Å². The summed E-state index contributed by atoms with van der Waals surface area (Å²) in [6.45, 7) is 2.06. The number of ether oxygens (including phenoxy) is 1. The van der Waals surface area contributed by atoms with Crippen molar-refractivity contribution in [2.75, 3.05) is 7.11 Å². The van der Waals surface area contributed by atoms with Gasteiger partial charge in [-0.15, -0.1) is 0 Å². The maximum absolute atomic E-state index is 5.26. The Morgan fingerprint density at radius 2 is 2.05 bits per heavy atom. The second-order valence-corrected chi connectivity index (χ2v) is 5.12. The minimum atomic E-state index is 0.832.